The van der Waals surface area contributed by atoms with E-state index in [2.05, 4.69) is 9.97 Å². The molecule has 0 unspecified atom stereocenters. The standard InChI is InChI=1S/C12H11IN2OS/c1-7-10(13)12(16)15-11(14-7)8-3-5-9(17-2)6-4-8/h3-6H,1-2H3,(H,14,15,16). The van der Waals surface area contributed by atoms with E-state index in [1.54, 1.807) is 11.8 Å². The number of hydrogen-bond donors (Lipinski definition) is 1. The zero-order chi connectivity index (χ0) is 12.4. The van der Waals surface area contributed by atoms with E-state index in [9.17, 15) is 4.79 Å². The molecule has 0 aliphatic carbocycles. The molecule has 2 rings (SSSR count). The van der Waals surface area contributed by atoms with Gasteiger partial charge in [0, 0.05) is 10.5 Å². The minimum absolute atomic E-state index is 0.0814. The van der Waals surface area contributed by atoms with Crippen molar-refractivity contribution in [3.05, 3.63) is 43.9 Å². The average molecular weight is 358 g/mol. The van der Waals surface area contributed by atoms with Crippen LogP contribution in [0.15, 0.2) is 34.0 Å². The molecule has 0 fully saturated rings. The molecule has 0 bridgehead atoms. The molecule has 0 aliphatic rings. The molecule has 1 N–H and O–H groups in total. The first-order valence-corrected chi connectivity index (χ1v) is 7.33. The molecule has 0 saturated carbocycles. The van der Waals surface area contributed by atoms with Crippen molar-refractivity contribution >= 4 is 34.4 Å². The molecule has 0 amide bonds. The Balaban J connectivity index is 2.49. The molecular formula is C12H11IN2OS. The zero-order valence-corrected chi connectivity index (χ0v) is 12.4. The summed E-state index contributed by atoms with van der Waals surface area (Å²) in [7, 11) is 0. The average Bonchev–Trinajstić information content (AvgIpc) is 2.35. The van der Waals surface area contributed by atoms with Gasteiger partial charge in [-0.1, -0.05) is 12.1 Å². The van der Waals surface area contributed by atoms with E-state index in [0.29, 0.717) is 9.39 Å². The highest BCUT2D eigenvalue weighted by atomic mass is 127. The van der Waals surface area contributed by atoms with Crippen molar-refractivity contribution in [1.29, 1.82) is 0 Å². The van der Waals surface area contributed by atoms with Crippen LogP contribution in [0.5, 0.6) is 0 Å². The Labute approximate surface area is 117 Å². The normalized spacial score (nSPS) is 10.5. The Kier molecular flexibility index (Phi) is 3.88. The number of aromatic nitrogens is 2. The van der Waals surface area contributed by atoms with E-state index in [1.165, 1.54) is 4.90 Å². The van der Waals surface area contributed by atoms with Gasteiger partial charge < -0.3 is 4.98 Å². The van der Waals surface area contributed by atoms with Crippen molar-refractivity contribution in [2.45, 2.75) is 11.8 Å². The van der Waals surface area contributed by atoms with E-state index in [-0.39, 0.29) is 5.56 Å². The van der Waals surface area contributed by atoms with Crippen molar-refractivity contribution in [2.24, 2.45) is 0 Å². The Hall–Kier alpha value is -0.820. The summed E-state index contributed by atoms with van der Waals surface area (Å²) in [5.41, 5.74) is 1.61. The van der Waals surface area contributed by atoms with E-state index in [4.69, 9.17) is 0 Å². The molecule has 3 nitrogen and oxygen atoms in total. The van der Waals surface area contributed by atoms with Gasteiger partial charge in [-0.05, 0) is 47.9 Å². The topological polar surface area (TPSA) is 45.8 Å². The number of rotatable bonds is 2. The first-order chi connectivity index (χ1) is 8.11. The molecule has 1 heterocycles. The molecule has 0 radical (unpaired) electrons. The van der Waals surface area contributed by atoms with Gasteiger partial charge in [0.25, 0.3) is 5.56 Å². The summed E-state index contributed by atoms with van der Waals surface area (Å²) < 4.78 is 0.645. The lowest BCUT2D eigenvalue weighted by atomic mass is 10.2. The van der Waals surface area contributed by atoms with Crippen LogP contribution >= 0.6 is 34.4 Å². The predicted molar refractivity (Wildman–Crippen MR) is 79.5 cm³/mol. The number of nitrogens with one attached hydrogen (secondary N) is 1. The van der Waals surface area contributed by atoms with Crippen LogP contribution in [0.1, 0.15) is 5.69 Å². The second-order valence-corrected chi connectivity index (χ2v) is 5.50. The number of thioether (sulfide) groups is 1. The van der Waals surface area contributed by atoms with E-state index >= 15 is 0 Å². The molecule has 0 atom stereocenters. The summed E-state index contributed by atoms with van der Waals surface area (Å²) in [4.78, 5) is 20.0. The van der Waals surface area contributed by atoms with Gasteiger partial charge in [-0.25, -0.2) is 4.98 Å². The first kappa shape index (κ1) is 12.6. The fourth-order valence-electron chi connectivity index (χ4n) is 1.46. The second kappa shape index (κ2) is 5.22. The van der Waals surface area contributed by atoms with Gasteiger partial charge in [0.05, 0.1) is 9.26 Å². The second-order valence-electron chi connectivity index (χ2n) is 3.54. The number of benzene rings is 1. The van der Waals surface area contributed by atoms with Crippen molar-refractivity contribution < 1.29 is 0 Å². The lowest BCUT2D eigenvalue weighted by Gasteiger charge is -2.04. The highest BCUT2D eigenvalue weighted by Gasteiger charge is 2.06. The van der Waals surface area contributed by atoms with Crippen LogP contribution in [-0.2, 0) is 0 Å². The summed E-state index contributed by atoms with van der Waals surface area (Å²) in [6, 6.07) is 7.98. The lowest BCUT2D eigenvalue weighted by molar-refractivity contribution is 1.05. The van der Waals surface area contributed by atoms with Crippen LogP contribution in [-0.4, -0.2) is 16.2 Å². The van der Waals surface area contributed by atoms with Crippen LogP contribution in [0.3, 0.4) is 0 Å². The molecule has 1 aromatic heterocycles. The van der Waals surface area contributed by atoms with Gasteiger partial charge in [-0.15, -0.1) is 11.8 Å². The van der Waals surface area contributed by atoms with Gasteiger partial charge >= 0.3 is 0 Å². The van der Waals surface area contributed by atoms with E-state index in [0.717, 1.165) is 11.3 Å². The first-order valence-electron chi connectivity index (χ1n) is 5.02. The summed E-state index contributed by atoms with van der Waals surface area (Å²) in [6.07, 6.45) is 2.03. The molecule has 17 heavy (non-hydrogen) atoms. The lowest BCUT2D eigenvalue weighted by Crippen LogP contribution is -2.14. The van der Waals surface area contributed by atoms with Crippen LogP contribution < -0.4 is 5.56 Å². The maximum Gasteiger partial charge on any atom is 0.264 e. The van der Waals surface area contributed by atoms with E-state index < -0.39 is 0 Å². The number of hydrogen-bond acceptors (Lipinski definition) is 3. The fourth-order valence-corrected chi connectivity index (χ4v) is 2.12. The smallest absolute Gasteiger partial charge is 0.264 e. The van der Waals surface area contributed by atoms with Crippen LogP contribution in [0.2, 0.25) is 0 Å². The Morgan fingerprint density at radius 1 is 1.29 bits per heavy atom. The molecule has 5 heteroatoms. The quantitative estimate of drug-likeness (QED) is 0.663. The summed E-state index contributed by atoms with van der Waals surface area (Å²) in [5, 5.41) is 0. The van der Waals surface area contributed by atoms with Crippen molar-refractivity contribution in [3.63, 3.8) is 0 Å². The highest BCUT2D eigenvalue weighted by Crippen LogP contribution is 2.20. The zero-order valence-electron chi connectivity index (χ0n) is 9.45. The van der Waals surface area contributed by atoms with Gasteiger partial charge in [0.2, 0.25) is 0 Å². The van der Waals surface area contributed by atoms with Gasteiger partial charge in [0.15, 0.2) is 0 Å². The molecule has 0 spiro atoms. The molecule has 88 valence electrons. The number of aromatic amines is 1. The number of nitrogens with zero attached hydrogens (tertiary/aromatic N) is 1. The highest BCUT2D eigenvalue weighted by molar-refractivity contribution is 14.1. The number of halogens is 1. The minimum atomic E-state index is -0.0814. The largest absolute Gasteiger partial charge is 0.306 e. The van der Waals surface area contributed by atoms with Crippen LogP contribution in [0.25, 0.3) is 11.4 Å². The van der Waals surface area contributed by atoms with E-state index in [1.807, 2.05) is 60.0 Å². The predicted octanol–water partition coefficient (Wildman–Crippen LogP) is 3.07. The van der Waals surface area contributed by atoms with Crippen molar-refractivity contribution in [3.8, 4) is 11.4 Å². The maximum atomic E-state index is 11.6. The SMILES string of the molecule is CSc1ccc(-c2nc(C)c(I)c(=O)[nH]2)cc1. The molecule has 1 aromatic carbocycles. The number of aryl methyl sites for hydroxylation is 1. The Morgan fingerprint density at radius 3 is 2.47 bits per heavy atom. The molecular weight excluding hydrogens is 347 g/mol. The summed E-state index contributed by atoms with van der Waals surface area (Å²) in [6.45, 7) is 1.84. The third-order valence-electron chi connectivity index (χ3n) is 2.39. The fraction of sp³-hybridized carbons (Fsp3) is 0.167. The Bertz CT molecular complexity index is 592. The molecule has 2 aromatic rings. The van der Waals surface area contributed by atoms with Gasteiger partial charge in [-0.2, -0.15) is 0 Å². The van der Waals surface area contributed by atoms with Crippen molar-refractivity contribution in [1.82, 2.24) is 9.97 Å². The Morgan fingerprint density at radius 2 is 1.94 bits per heavy atom. The third kappa shape index (κ3) is 2.71. The molecule has 0 saturated heterocycles. The van der Waals surface area contributed by atoms with Crippen molar-refractivity contribution in [2.75, 3.05) is 6.26 Å². The third-order valence-corrected chi connectivity index (χ3v) is 4.41. The number of H-pyrrole nitrogens is 1. The molecule has 0 aliphatic heterocycles. The summed E-state index contributed by atoms with van der Waals surface area (Å²) >= 11 is 3.69. The van der Waals surface area contributed by atoms with Gasteiger partial charge in [-0.3, -0.25) is 4.79 Å². The van der Waals surface area contributed by atoms with Gasteiger partial charge in [0.1, 0.15) is 5.82 Å². The summed E-state index contributed by atoms with van der Waals surface area (Å²) in [5.74, 6) is 0.626. The maximum absolute atomic E-state index is 11.6. The monoisotopic (exact) mass is 358 g/mol. The van der Waals surface area contributed by atoms with Crippen LogP contribution in [0, 0.1) is 10.5 Å². The van der Waals surface area contributed by atoms with Crippen LogP contribution in [0.4, 0.5) is 0 Å². The minimum Gasteiger partial charge on any atom is -0.306 e.